The van der Waals surface area contributed by atoms with Crippen molar-refractivity contribution in [1.82, 2.24) is 10.2 Å². The lowest BCUT2D eigenvalue weighted by Gasteiger charge is -2.19. The molecule has 0 bridgehead atoms. The molecule has 0 saturated heterocycles. The SMILES string of the molecule is CCN(CC)CCN[C@@H](C)c1cc2ccccc2o1. The maximum atomic E-state index is 5.86. The molecule has 0 aliphatic heterocycles. The van der Waals surface area contributed by atoms with Crippen molar-refractivity contribution in [3.8, 4) is 0 Å². The summed E-state index contributed by atoms with van der Waals surface area (Å²) in [5, 5.41) is 4.70. The van der Waals surface area contributed by atoms with Gasteiger partial charge in [0.2, 0.25) is 0 Å². The third kappa shape index (κ3) is 3.58. The molecule has 0 radical (unpaired) electrons. The molecule has 1 aromatic carbocycles. The lowest BCUT2D eigenvalue weighted by atomic mass is 10.2. The lowest BCUT2D eigenvalue weighted by Crippen LogP contribution is -2.32. The van der Waals surface area contributed by atoms with Crippen molar-refractivity contribution in [2.45, 2.75) is 26.8 Å². The lowest BCUT2D eigenvalue weighted by molar-refractivity contribution is 0.294. The van der Waals surface area contributed by atoms with Gasteiger partial charge in [0.1, 0.15) is 11.3 Å². The summed E-state index contributed by atoms with van der Waals surface area (Å²) in [6.07, 6.45) is 0. The molecule has 0 saturated carbocycles. The molecule has 0 aliphatic rings. The van der Waals surface area contributed by atoms with Crippen LogP contribution in [0.2, 0.25) is 0 Å². The van der Waals surface area contributed by atoms with Gasteiger partial charge in [-0.1, -0.05) is 32.0 Å². The fourth-order valence-electron chi connectivity index (χ4n) is 2.30. The Morgan fingerprint density at radius 1 is 1.21 bits per heavy atom. The molecule has 0 aliphatic carbocycles. The van der Waals surface area contributed by atoms with Crippen molar-refractivity contribution >= 4 is 11.0 Å². The van der Waals surface area contributed by atoms with Crippen LogP contribution in [-0.4, -0.2) is 31.1 Å². The maximum Gasteiger partial charge on any atom is 0.134 e. The molecule has 0 spiro atoms. The number of hydrogen-bond donors (Lipinski definition) is 1. The summed E-state index contributed by atoms with van der Waals surface area (Å²) >= 11 is 0. The van der Waals surface area contributed by atoms with Gasteiger partial charge in [0, 0.05) is 18.5 Å². The summed E-state index contributed by atoms with van der Waals surface area (Å²) < 4.78 is 5.86. The van der Waals surface area contributed by atoms with E-state index in [1.165, 1.54) is 5.39 Å². The molecule has 1 atom stereocenters. The summed E-state index contributed by atoms with van der Waals surface area (Å²) in [6.45, 7) is 10.8. The Hall–Kier alpha value is -1.32. The molecule has 19 heavy (non-hydrogen) atoms. The van der Waals surface area contributed by atoms with Crippen LogP contribution in [0, 0.1) is 0 Å². The number of para-hydroxylation sites is 1. The monoisotopic (exact) mass is 260 g/mol. The molecule has 0 unspecified atom stereocenters. The fraction of sp³-hybridized carbons (Fsp3) is 0.500. The maximum absolute atomic E-state index is 5.86. The minimum Gasteiger partial charge on any atom is -0.459 e. The van der Waals surface area contributed by atoms with E-state index >= 15 is 0 Å². The number of nitrogens with one attached hydrogen (secondary N) is 1. The van der Waals surface area contributed by atoms with E-state index in [2.05, 4.69) is 43.1 Å². The van der Waals surface area contributed by atoms with Gasteiger partial charge in [-0.2, -0.15) is 0 Å². The molecular formula is C16H24N2O. The zero-order chi connectivity index (χ0) is 13.7. The highest BCUT2D eigenvalue weighted by Gasteiger charge is 2.10. The average molecular weight is 260 g/mol. The standard InChI is InChI=1S/C16H24N2O/c1-4-18(5-2)11-10-17-13(3)16-12-14-8-6-7-9-15(14)19-16/h6-9,12-13,17H,4-5,10-11H2,1-3H3/t13-/m0/s1. The zero-order valence-electron chi connectivity index (χ0n) is 12.1. The van der Waals surface area contributed by atoms with Gasteiger partial charge in [0.25, 0.3) is 0 Å². The van der Waals surface area contributed by atoms with Crippen LogP contribution in [0.5, 0.6) is 0 Å². The number of likely N-dealkylation sites (N-methyl/N-ethyl adjacent to an activating group) is 1. The summed E-state index contributed by atoms with van der Waals surface area (Å²) in [4.78, 5) is 2.42. The summed E-state index contributed by atoms with van der Waals surface area (Å²) in [7, 11) is 0. The van der Waals surface area contributed by atoms with Gasteiger partial charge >= 0.3 is 0 Å². The Balaban J connectivity index is 1.90. The van der Waals surface area contributed by atoms with Crippen LogP contribution >= 0.6 is 0 Å². The predicted molar refractivity (Wildman–Crippen MR) is 80.4 cm³/mol. The van der Waals surface area contributed by atoms with Crippen molar-refractivity contribution in [3.63, 3.8) is 0 Å². The Bertz CT molecular complexity index is 469. The molecule has 1 N–H and O–H groups in total. The van der Waals surface area contributed by atoms with Crippen molar-refractivity contribution in [2.75, 3.05) is 26.2 Å². The summed E-state index contributed by atoms with van der Waals surface area (Å²) in [5.74, 6) is 1.01. The van der Waals surface area contributed by atoms with Crippen molar-refractivity contribution in [2.24, 2.45) is 0 Å². The quantitative estimate of drug-likeness (QED) is 0.827. The molecular weight excluding hydrogens is 236 g/mol. The second-order valence-electron chi connectivity index (χ2n) is 4.89. The smallest absolute Gasteiger partial charge is 0.134 e. The van der Waals surface area contributed by atoms with Crippen molar-refractivity contribution in [1.29, 1.82) is 0 Å². The Labute approximate surface area is 115 Å². The van der Waals surface area contributed by atoms with Crippen LogP contribution in [0.15, 0.2) is 34.7 Å². The van der Waals surface area contributed by atoms with Crippen LogP contribution in [-0.2, 0) is 0 Å². The van der Waals surface area contributed by atoms with E-state index in [0.29, 0.717) is 0 Å². The van der Waals surface area contributed by atoms with Gasteiger partial charge in [-0.05, 0) is 32.1 Å². The van der Waals surface area contributed by atoms with Crippen LogP contribution < -0.4 is 5.32 Å². The van der Waals surface area contributed by atoms with E-state index in [0.717, 1.165) is 37.5 Å². The highest BCUT2D eigenvalue weighted by molar-refractivity contribution is 5.77. The second-order valence-corrected chi connectivity index (χ2v) is 4.89. The third-order valence-electron chi connectivity index (χ3n) is 3.64. The fourth-order valence-corrected chi connectivity index (χ4v) is 2.30. The largest absolute Gasteiger partial charge is 0.459 e. The third-order valence-corrected chi connectivity index (χ3v) is 3.64. The Kier molecular flexibility index (Phi) is 5.00. The van der Waals surface area contributed by atoms with Crippen LogP contribution in [0.25, 0.3) is 11.0 Å². The topological polar surface area (TPSA) is 28.4 Å². The Morgan fingerprint density at radius 2 is 1.95 bits per heavy atom. The molecule has 3 heteroatoms. The van der Waals surface area contributed by atoms with E-state index < -0.39 is 0 Å². The molecule has 1 aromatic heterocycles. The van der Waals surface area contributed by atoms with Crippen LogP contribution in [0.4, 0.5) is 0 Å². The molecule has 3 nitrogen and oxygen atoms in total. The van der Waals surface area contributed by atoms with E-state index in [9.17, 15) is 0 Å². The molecule has 0 amide bonds. The van der Waals surface area contributed by atoms with E-state index in [1.807, 2.05) is 18.2 Å². The minimum atomic E-state index is 0.253. The Morgan fingerprint density at radius 3 is 2.63 bits per heavy atom. The van der Waals surface area contributed by atoms with Crippen LogP contribution in [0.3, 0.4) is 0 Å². The predicted octanol–water partition coefficient (Wildman–Crippen LogP) is 3.43. The molecule has 1 heterocycles. The molecule has 0 fully saturated rings. The van der Waals surface area contributed by atoms with Gasteiger partial charge < -0.3 is 14.6 Å². The number of fused-ring (bicyclic) bond motifs is 1. The first kappa shape index (κ1) is 14.1. The van der Waals surface area contributed by atoms with Gasteiger partial charge in [0.15, 0.2) is 0 Å². The van der Waals surface area contributed by atoms with Gasteiger partial charge in [0.05, 0.1) is 6.04 Å². The number of rotatable bonds is 7. The first-order valence-corrected chi connectivity index (χ1v) is 7.18. The summed E-state index contributed by atoms with van der Waals surface area (Å²) in [6, 6.07) is 10.5. The number of hydrogen-bond acceptors (Lipinski definition) is 3. The minimum absolute atomic E-state index is 0.253. The van der Waals surface area contributed by atoms with Gasteiger partial charge in [-0.15, -0.1) is 0 Å². The molecule has 2 rings (SSSR count). The van der Waals surface area contributed by atoms with Crippen molar-refractivity contribution in [3.05, 3.63) is 36.1 Å². The first-order valence-electron chi connectivity index (χ1n) is 7.18. The highest BCUT2D eigenvalue weighted by Crippen LogP contribution is 2.23. The normalized spacial score (nSPS) is 13.3. The van der Waals surface area contributed by atoms with E-state index in [4.69, 9.17) is 4.42 Å². The van der Waals surface area contributed by atoms with Gasteiger partial charge in [-0.3, -0.25) is 0 Å². The summed E-state index contributed by atoms with van der Waals surface area (Å²) in [5.41, 5.74) is 0.967. The molecule has 2 aromatic rings. The van der Waals surface area contributed by atoms with Crippen molar-refractivity contribution < 1.29 is 4.42 Å². The molecule has 104 valence electrons. The van der Waals surface area contributed by atoms with E-state index in [-0.39, 0.29) is 6.04 Å². The van der Waals surface area contributed by atoms with Gasteiger partial charge in [-0.25, -0.2) is 0 Å². The first-order chi connectivity index (χ1) is 9.24. The zero-order valence-corrected chi connectivity index (χ0v) is 12.1. The second kappa shape index (κ2) is 6.73. The number of nitrogens with zero attached hydrogens (tertiary/aromatic N) is 1. The average Bonchev–Trinajstić information content (AvgIpc) is 2.87. The van der Waals surface area contributed by atoms with E-state index in [1.54, 1.807) is 0 Å². The highest BCUT2D eigenvalue weighted by atomic mass is 16.3. The number of benzene rings is 1. The number of furan rings is 1. The van der Waals surface area contributed by atoms with Crippen LogP contribution in [0.1, 0.15) is 32.6 Å².